The van der Waals surface area contributed by atoms with Crippen LogP contribution >= 0.6 is 0 Å². The molecule has 0 fully saturated rings. The van der Waals surface area contributed by atoms with Gasteiger partial charge >= 0.3 is 6.18 Å². The maximum absolute atomic E-state index is 12.5. The Morgan fingerprint density at radius 3 is 2.68 bits per heavy atom. The van der Waals surface area contributed by atoms with E-state index in [1.807, 2.05) is 0 Å². The fraction of sp³-hybridized carbons (Fsp3) is 0.333. The van der Waals surface area contributed by atoms with E-state index < -0.39 is 17.6 Å². The van der Waals surface area contributed by atoms with Gasteiger partial charge in [0.1, 0.15) is 6.07 Å². The smallest absolute Gasteiger partial charge is 0.384 e. The third-order valence-electron chi connectivity index (χ3n) is 2.27. The number of amides is 1. The number of carbonyl (C=O) groups is 1. The molecule has 102 valence electrons. The van der Waals surface area contributed by atoms with Crippen molar-refractivity contribution >= 4 is 11.6 Å². The summed E-state index contributed by atoms with van der Waals surface area (Å²) in [7, 11) is 1.42. The molecule has 0 saturated carbocycles. The molecule has 0 unspecified atom stereocenters. The van der Waals surface area contributed by atoms with Gasteiger partial charge in [0.15, 0.2) is 0 Å². The van der Waals surface area contributed by atoms with Gasteiger partial charge in [-0.2, -0.15) is 18.4 Å². The molecule has 0 radical (unpaired) electrons. The van der Waals surface area contributed by atoms with Gasteiger partial charge in [-0.1, -0.05) is 0 Å². The molecule has 0 aliphatic heterocycles. The lowest BCUT2D eigenvalue weighted by molar-refractivity contribution is -0.137. The van der Waals surface area contributed by atoms with Crippen LogP contribution in [-0.2, 0) is 15.7 Å². The molecule has 1 aromatic carbocycles. The molecule has 7 heteroatoms. The van der Waals surface area contributed by atoms with Crippen LogP contribution in [0.3, 0.4) is 0 Å². The van der Waals surface area contributed by atoms with E-state index >= 15 is 0 Å². The molecule has 0 spiro atoms. The molecule has 0 aromatic heterocycles. The van der Waals surface area contributed by atoms with Crippen molar-refractivity contribution in [2.45, 2.75) is 12.6 Å². The molecular weight excluding hydrogens is 261 g/mol. The van der Waals surface area contributed by atoms with E-state index in [0.29, 0.717) is 6.07 Å². The van der Waals surface area contributed by atoms with E-state index in [0.717, 1.165) is 12.1 Å². The quantitative estimate of drug-likeness (QED) is 0.916. The summed E-state index contributed by atoms with van der Waals surface area (Å²) in [4.78, 5) is 11.4. The first kappa shape index (κ1) is 15.0. The number of hydrogen-bond donors (Lipinski definition) is 1. The summed E-state index contributed by atoms with van der Waals surface area (Å²) in [6.45, 7) is 0.189. The van der Waals surface area contributed by atoms with Crippen LogP contribution in [0.1, 0.15) is 17.5 Å². The second-order valence-corrected chi connectivity index (χ2v) is 3.66. The third kappa shape index (κ3) is 4.26. The molecule has 1 aromatic rings. The van der Waals surface area contributed by atoms with Crippen LogP contribution in [0.4, 0.5) is 18.9 Å². The highest BCUT2D eigenvalue weighted by molar-refractivity contribution is 5.92. The normalized spacial score (nSPS) is 10.9. The zero-order chi connectivity index (χ0) is 14.5. The Bertz CT molecular complexity index is 507. The minimum Gasteiger partial charge on any atom is -0.384 e. The van der Waals surface area contributed by atoms with E-state index in [2.05, 4.69) is 5.32 Å². The van der Waals surface area contributed by atoms with Crippen molar-refractivity contribution in [3.63, 3.8) is 0 Å². The zero-order valence-electron chi connectivity index (χ0n) is 10.0. The third-order valence-corrected chi connectivity index (χ3v) is 2.27. The minimum atomic E-state index is -4.52. The Hall–Kier alpha value is -2.07. The van der Waals surface area contributed by atoms with Gasteiger partial charge in [0.05, 0.1) is 29.8 Å². The van der Waals surface area contributed by atoms with E-state index in [1.165, 1.54) is 7.11 Å². The molecule has 0 bridgehead atoms. The van der Waals surface area contributed by atoms with Crippen LogP contribution in [0, 0.1) is 11.3 Å². The summed E-state index contributed by atoms with van der Waals surface area (Å²) in [6, 6.07) is 4.20. The summed E-state index contributed by atoms with van der Waals surface area (Å²) in [6.07, 6.45) is -4.47. The number of benzene rings is 1. The number of halogens is 3. The number of nitrogens with zero attached hydrogens (tertiary/aromatic N) is 1. The van der Waals surface area contributed by atoms with Gasteiger partial charge < -0.3 is 10.1 Å². The average Bonchev–Trinajstić information content (AvgIpc) is 2.35. The first-order valence-electron chi connectivity index (χ1n) is 5.28. The maximum Gasteiger partial charge on any atom is 0.416 e. The molecule has 0 aliphatic rings. The molecule has 19 heavy (non-hydrogen) atoms. The van der Waals surface area contributed by atoms with Gasteiger partial charge in [-0.3, -0.25) is 4.79 Å². The van der Waals surface area contributed by atoms with E-state index in [9.17, 15) is 18.0 Å². The number of methoxy groups -OCH3 is 1. The largest absolute Gasteiger partial charge is 0.416 e. The van der Waals surface area contributed by atoms with Crippen molar-refractivity contribution in [2.75, 3.05) is 19.0 Å². The van der Waals surface area contributed by atoms with Crippen LogP contribution in [0.2, 0.25) is 0 Å². The van der Waals surface area contributed by atoms with E-state index in [1.54, 1.807) is 6.07 Å². The van der Waals surface area contributed by atoms with Gasteiger partial charge in [0.2, 0.25) is 5.91 Å². The summed E-state index contributed by atoms with van der Waals surface area (Å²) in [5.41, 5.74) is -1.11. The van der Waals surface area contributed by atoms with Crippen molar-refractivity contribution in [1.82, 2.24) is 0 Å². The van der Waals surface area contributed by atoms with Crippen molar-refractivity contribution in [2.24, 2.45) is 0 Å². The summed E-state index contributed by atoms with van der Waals surface area (Å²) < 4.78 is 42.1. The highest BCUT2D eigenvalue weighted by Gasteiger charge is 2.31. The molecule has 1 amide bonds. The predicted molar refractivity (Wildman–Crippen MR) is 61.3 cm³/mol. The molecule has 0 aliphatic carbocycles. The first-order valence-corrected chi connectivity index (χ1v) is 5.28. The number of ether oxygens (including phenoxy) is 1. The standard InChI is InChI=1S/C12H11F3N2O2/c1-19-5-4-11(18)17-10-3-2-9(12(13,14)15)6-8(10)7-16/h2-3,6H,4-5H2,1H3,(H,17,18). The first-order chi connectivity index (χ1) is 8.88. The van der Waals surface area contributed by atoms with Crippen molar-refractivity contribution in [1.29, 1.82) is 5.26 Å². The van der Waals surface area contributed by atoms with Crippen LogP contribution in [0.25, 0.3) is 0 Å². The number of rotatable bonds is 4. The van der Waals surface area contributed by atoms with Crippen LogP contribution in [0.15, 0.2) is 18.2 Å². The Balaban J connectivity index is 2.92. The number of hydrogen-bond acceptors (Lipinski definition) is 3. The Kier molecular flexibility index (Phi) is 4.89. The number of carbonyl (C=O) groups excluding carboxylic acids is 1. The van der Waals surface area contributed by atoms with E-state index in [4.69, 9.17) is 10.00 Å². The summed E-state index contributed by atoms with van der Waals surface area (Å²) in [5.74, 6) is -0.432. The van der Waals surface area contributed by atoms with Gasteiger partial charge in [0, 0.05) is 7.11 Å². The fourth-order valence-corrected chi connectivity index (χ4v) is 1.33. The number of anilines is 1. The number of nitriles is 1. The summed E-state index contributed by atoms with van der Waals surface area (Å²) in [5, 5.41) is 11.2. The number of alkyl halides is 3. The van der Waals surface area contributed by atoms with Crippen molar-refractivity contribution < 1.29 is 22.7 Å². The molecule has 0 atom stereocenters. The molecular formula is C12H11F3N2O2. The molecule has 1 N–H and O–H groups in total. The SMILES string of the molecule is COCCC(=O)Nc1ccc(C(F)(F)F)cc1C#N. The van der Waals surface area contributed by atoms with Gasteiger partial charge in [-0.25, -0.2) is 0 Å². The fourth-order valence-electron chi connectivity index (χ4n) is 1.33. The molecule has 0 saturated heterocycles. The lowest BCUT2D eigenvalue weighted by atomic mass is 10.1. The zero-order valence-corrected chi connectivity index (χ0v) is 10.0. The Morgan fingerprint density at radius 1 is 1.47 bits per heavy atom. The number of nitrogens with one attached hydrogen (secondary N) is 1. The highest BCUT2D eigenvalue weighted by atomic mass is 19.4. The second kappa shape index (κ2) is 6.20. The Labute approximate surface area is 107 Å². The molecule has 0 heterocycles. The van der Waals surface area contributed by atoms with Crippen LogP contribution in [0.5, 0.6) is 0 Å². The lowest BCUT2D eigenvalue weighted by Crippen LogP contribution is -2.15. The maximum atomic E-state index is 12.5. The minimum absolute atomic E-state index is 0.0524. The highest BCUT2D eigenvalue weighted by Crippen LogP contribution is 2.31. The van der Waals surface area contributed by atoms with Gasteiger partial charge in [-0.05, 0) is 18.2 Å². The average molecular weight is 272 g/mol. The molecule has 1 rings (SSSR count). The van der Waals surface area contributed by atoms with Crippen molar-refractivity contribution in [3.8, 4) is 6.07 Å². The second-order valence-electron chi connectivity index (χ2n) is 3.66. The van der Waals surface area contributed by atoms with Crippen LogP contribution < -0.4 is 5.32 Å². The summed E-state index contributed by atoms with van der Waals surface area (Å²) >= 11 is 0. The monoisotopic (exact) mass is 272 g/mol. The topological polar surface area (TPSA) is 62.1 Å². The lowest BCUT2D eigenvalue weighted by Gasteiger charge is -2.10. The predicted octanol–water partition coefficient (Wildman–Crippen LogP) is 2.55. The van der Waals surface area contributed by atoms with Gasteiger partial charge in [0.25, 0.3) is 0 Å². The van der Waals surface area contributed by atoms with Gasteiger partial charge in [-0.15, -0.1) is 0 Å². The molecule has 4 nitrogen and oxygen atoms in total. The van der Waals surface area contributed by atoms with E-state index in [-0.39, 0.29) is 24.3 Å². The Morgan fingerprint density at radius 2 is 2.16 bits per heavy atom. The van der Waals surface area contributed by atoms with Crippen molar-refractivity contribution in [3.05, 3.63) is 29.3 Å². The van der Waals surface area contributed by atoms with Crippen LogP contribution in [-0.4, -0.2) is 19.6 Å².